The van der Waals surface area contributed by atoms with Gasteiger partial charge in [0, 0.05) is 5.56 Å². The lowest BCUT2D eigenvalue weighted by atomic mass is 9.89. The largest absolute Gasteiger partial charge is 0.456 e. The number of para-hydroxylation sites is 1. The molecule has 5 nitrogen and oxygen atoms in total. The molecule has 0 spiro atoms. The van der Waals surface area contributed by atoms with Gasteiger partial charge in [-0.2, -0.15) is 0 Å². The quantitative estimate of drug-likeness (QED) is 0.514. The Kier molecular flexibility index (Phi) is 4.63. The first-order valence-corrected chi connectivity index (χ1v) is 9.69. The second-order valence-electron chi connectivity index (χ2n) is 7.90. The molecule has 0 unspecified atom stereocenters. The van der Waals surface area contributed by atoms with E-state index in [2.05, 4.69) is 4.90 Å². The molecule has 144 valence electrons. The Morgan fingerprint density at radius 2 is 1.54 bits per heavy atom. The Bertz CT molecular complexity index is 1190. The first kappa shape index (κ1) is 18.6. The molecule has 0 bridgehead atoms. The van der Waals surface area contributed by atoms with Crippen LogP contribution in [0.15, 0.2) is 56.5 Å². The maximum Gasteiger partial charge on any atom is 0.237 e. The van der Waals surface area contributed by atoms with E-state index in [1.807, 2.05) is 13.8 Å². The van der Waals surface area contributed by atoms with Crippen molar-refractivity contribution in [3.05, 3.63) is 68.5 Å². The highest BCUT2D eigenvalue weighted by Crippen LogP contribution is 2.26. The molecule has 0 saturated carbocycles. The second kappa shape index (κ2) is 6.99. The Balaban J connectivity index is 1.87. The summed E-state index contributed by atoms with van der Waals surface area (Å²) in [5.41, 5.74) is -0.858. The van der Waals surface area contributed by atoms with Crippen molar-refractivity contribution >= 4 is 27.7 Å². The van der Waals surface area contributed by atoms with Gasteiger partial charge in [0.15, 0.2) is 5.78 Å². The van der Waals surface area contributed by atoms with Crippen LogP contribution in [0, 0.1) is 0 Å². The van der Waals surface area contributed by atoms with Gasteiger partial charge in [-0.3, -0.25) is 19.3 Å². The molecule has 1 aromatic heterocycles. The Morgan fingerprint density at radius 3 is 2.29 bits per heavy atom. The van der Waals surface area contributed by atoms with E-state index in [0.717, 1.165) is 25.9 Å². The average Bonchev–Trinajstić information content (AvgIpc) is 2.83. The van der Waals surface area contributed by atoms with Gasteiger partial charge < -0.3 is 4.42 Å². The van der Waals surface area contributed by atoms with Crippen molar-refractivity contribution in [3.63, 3.8) is 0 Å². The fraction of sp³-hybridized carbons (Fsp3) is 0.348. The fourth-order valence-corrected chi connectivity index (χ4v) is 3.99. The van der Waals surface area contributed by atoms with E-state index in [-0.39, 0.29) is 16.6 Å². The predicted molar refractivity (Wildman–Crippen MR) is 110 cm³/mol. The van der Waals surface area contributed by atoms with Crippen molar-refractivity contribution in [1.82, 2.24) is 4.90 Å². The number of carbonyl (C=O) groups is 1. The molecule has 4 rings (SSSR count). The summed E-state index contributed by atoms with van der Waals surface area (Å²) in [7, 11) is 0. The SMILES string of the molecule is CC(C)(C(=O)c1ccc2oc3ccccc3c(=O)c(=O)c2c1)N1CCCCC1. The summed E-state index contributed by atoms with van der Waals surface area (Å²) in [4.78, 5) is 40.8. The number of nitrogens with zero attached hydrogens (tertiary/aromatic N) is 1. The number of piperidine rings is 1. The van der Waals surface area contributed by atoms with Crippen LogP contribution in [0.4, 0.5) is 0 Å². The molecule has 1 aliphatic rings. The summed E-state index contributed by atoms with van der Waals surface area (Å²) in [6.07, 6.45) is 3.36. The van der Waals surface area contributed by atoms with Gasteiger partial charge in [-0.05, 0) is 70.1 Å². The average molecular weight is 377 g/mol. The van der Waals surface area contributed by atoms with Crippen LogP contribution in [-0.2, 0) is 0 Å². The number of hydrogen-bond donors (Lipinski definition) is 0. The van der Waals surface area contributed by atoms with E-state index in [9.17, 15) is 14.4 Å². The molecule has 2 aromatic carbocycles. The maximum atomic E-state index is 13.3. The molecule has 0 atom stereocenters. The zero-order chi connectivity index (χ0) is 19.9. The summed E-state index contributed by atoms with van der Waals surface area (Å²) < 4.78 is 5.82. The number of carbonyl (C=O) groups excluding carboxylic acids is 1. The van der Waals surface area contributed by atoms with Crippen LogP contribution in [0.1, 0.15) is 43.5 Å². The molecule has 28 heavy (non-hydrogen) atoms. The van der Waals surface area contributed by atoms with E-state index < -0.39 is 16.4 Å². The monoisotopic (exact) mass is 377 g/mol. The van der Waals surface area contributed by atoms with Gasteiger partial charge >= 0.3 is 0 Å². The predicted octanol–water partition coefficient (Wildman–Crippen LogP) is 3.75. The van der Waals surface area contributed by atoms with Gasteiger partial charge in [-0.25, -0.2) is 0 Å². The van der Waals surface area contributed by atoms with Crippen LogP contribution in [0.5, 0.6) is 0 Å². The molecule has 1 aliphatic heterocycles. The van der Waals surface area contributed by atoms with Crippen molar-refractivity contribution < 1.29 is 9.21 Å². The number of likely N-dealkylation sites (tertiary alicyclic amines) is 1. The minimum Gasteiger partial charge on any atom is -0.456 e. The lowest BCUT2D eigenvalue weighted by Gasteiger charge is -2.39. The van der Waals surface area contributed by atoms with Crippen molar-refractivity contribution in [2.45, 2.75) is 38.6 Å². The van der Waals surface area contributed by atoms with E-state index in [0.29, 0.717) is 16.7 Å². The summed E-state index contributed by atoms with van der Waals surface area (Å²) in [6, 6.07) is 11.5. The zero-order valence-electron chi connectivity index (χ0n) is 16.2. The highest BCUT2D eigenvalue weighted by molar-refractivity contribution is 6.04. The number of Topliss-reactive ketones (excluding diaryl/α,β-unsaturated/α-hetero) is 1. The van der Waals surface area contributed by atoms with Crippen LogP contribution in [0.2, 0.25) is 0 Å². The molecule has 2 heterocycles. The van der Waals surface area contributed by atoms with Crippen molar-refractivity contribution in [2.75, 3.05) is 13.1 Å². The Morgan fingerprint density at radius 1 is 0.893 bits per heavy atom. The molecule has 1 fully saturated rings. The number of fused-ring (bicyclic) bond motifs is 2. The summed E-state index contributed by atoms with van der Waals surface area (Å²) >= 11 is 0. The highest BCUT2D eigenvalue weighted by atomic mass is 16.3. The molecule has 5 heteroatoms. The second-order valence-corrected chi connectivity index (χ2v) is 7.90. The molecule has 0 aliphatic carbocycles. The van der Waals surface area contributed by atoms with Crippen molar-refractivity contribution in [3.8, 4) is 0 Å². The molecule has 1 saturated heterocycles. The van der Waals surface area contributed by atoms with Gasteiger partial charge in [0.1, 0.15) is 11.2 Å². The minimum atomic E-state index is -0.670. The van der Waals surface area contributed by atoms with Crippen LogP contribution in [0.3, 0.4) is 0 Å². The third-order valence-corrected chi connectivity index (χ3v) is 5.75. The zero-order valence-corrected chi connectivity index (χ0v) is 16.2. The maximum absolute atomic E-state index is 13.3. The smallest absolute Gasteiger partial charge is 0.237 e. The number of rotatable bonds is 3. The Hall–Kier alpha value is -2.79. The lowest BCUT2D eigenvalue weighted by Crippen LogP contribution is -2.52. The molecule has 0 radical (unpaired) electrons. The van der Waals surface area contributed by atoms with Gasteiger partial charge in [-0.1, -0.05) is 18.6 Å². The number of hydrogen-bond acceptors (Lipinski definition) is 5. The van der Waals surface area contributed by atoms with E-state index in [1.165, 1.54) is 12.5 Å². The van der Waals surface area contributed by atoms with E-state index in [4.69, 9.17) is 4.42 Å². The van der Waals surface area contributed by atoms with Gasteiger partial charge in [0.05, 0.1) is 16.3 Å². The van der Waals surface area contributed by atoms with Crippen molar-refractivity contribution in [1.29, 1.82) is 0 Å². The molecule has 0 N–H and O–H groups in total. The van der Waals surface area contributed by atoms with Crippen LogP contribution in [0.25, 0.3) is 21.9 Å². The van der Waals surface area contributed by atoms with Gasteiger partial charge in [0.25, 0.3) is 0 Å². The third-order valence-electron chi connectivity index (χ3n) is 5.75. The van der Waals surface area contributed by atoms with E-state index in [1.54, 1.807) is 36.4 Å². The van der Waals surface area contributed by atoms with Gasteiger partial charge in [-0.15, -0.1) is 0 Å². The summed E-state index contributed by atoms with van der Waals surface area (Å²) in [6.45, 7) is 5.62. The first-order valence-electron chi connectivity index (χ1n) is 9.69. The first-order chi connectivity index (χ1) is 13.4. The van der Waals surface area contributed by atoms with E-state index >= 15 is 0 Å². The van der Waals surface area contributed by atoms with Crippen LogP contribution < -0.4 is 10.9 Å². The summed E-state index contributed by atoms with van der Waals surface area (Å²) in [5, 5.41) is 0.381. The fourth-order valence-electron chi connectivity index (χ4n) is 3.99. The minimum absolute atomic E-state index is 0.0563. The Labute approximate surface area is 162 Å². The highest BCUT2D eigenvalue weighted by Gasteiger charge is 2.35. The number of ketones is 1. The number of benzene rings is 2. The summed E-state index contributed by atoms with van der Waals surface area (Å²) in [5.74, 6) is -0.0563. The standard InChI is InChI=1S/C23H23NO4/c1-23(2,24-12-6-3-7-13-24)22(27)15-10-11-19-17(14-15)21(26)20(25)16-8-4-5-9-18(16)28-19/h4-5,8-11,14H,3,6-7,12-13H2,1-2H3. The van der Waals surface area contributed by atoms with Crippen LogP contribution >= 0.6 is 0 Å². The topological polar surface area (TPSA) is 67.6 Å². The lowest BCUT2D eigenvalue weighted by molar-refractivity contribution is 0.0579. The van der Waals surface area contributed by atoms with Crippen LogP contribution in [-0.4, -0.2) is 29.3 Å². The molecule has 0 amide bonds. The normalized spacial score (nSPS) is 15.8. The third kappa shape index (κ3) is 3.06. The molecular weight excluding hydrogens is 354 g/mol. The van der Waals surface area contributed by atoms with Gasteiger partial charge in [0.2, 0.25) is 10.9 Å². The molecular formula is C23H23NO4. The van der Waals surface area contributed by atoms with Crippen molar-refractivity contribution in [2.24, 2.45) is 0 Å². The molecule has 3 aromatic rings.